The molecule has 0 fully saturated rings. The number of rotatable bonds is 4. The van der Waals surface area contributed by atoms with Gasteiger partial charge in [-0.2, -0.15) is 14.6 Å². The van der Waals surface area contributed by atoms with Crippen LogP contribution in [-0.2, 0) is 6.42 Å². The SMILES string of the molecule is O=c1c2ccccc2nc2nc(Nc3ccccc3)c(Cc3ccccc3)nn12. The maximum atomic E-state index is 13.0. The fraction of sp³-hybridized carbons (Fsp3) is 0.0435. The highest BCUT2D eigenvalue weighted by atomic mass is 16.1. The molecule has 3 aromatic carbocycles. The molecular weight excluding hydrogens is 362 g/mol. The van der Waals surface area contributed by atoms with Crippen LogP contribution in [0.4, 0.5) is 11.5 Å². The number of hydrogen-bond donors (Lipinski definition) is 1. The minimum Gasteiger partial charge on any atom is -0.339 e. The normalized spacial score (nSPS) is 11.0. The van der Waals surface area contributed by atoms with Crippen LogP contribution in [0, 0.1) is 0 Å². The van der Waals surface area contributed by atoms with Gasteiger partial charge in [0.05, 0.1) is 10.9 Å². The number of nitrogens with zero attached hydrogens (tertiary/aromatic N) is 4. The van der Waals surface area contributed by atoms with E-state index < -0.39 is 0 Å². The van der Waals surface area contributed by atoms with Crippen LogP contribution in [-0.4, -0.2) is 19.6 Å². The van der Waals surface area contributed by atoms with Gasteiger partial charge in [-0.1, -0.05) is 60.7 Å². The lowest BCUT2D eigenvalue weighted by Gasteiger charge is -2.12. The van der Waals surface area contributed by atoms with Crippen LogP contribution in [0.3, 0.4) is 0 Å². The Hall–Kier alpha value is -4.06. The fourth-order valence-corrected chi connectivity index (χ4v) is 3.27. The second kappa shape index (κ2) is 7.16. The maximum absolute atomic E-state index is 13.0. The average Bonchev–Trinajstić information content (AvgIpc) is 2.76. The summed E-state index contributed by atoms with van der Waals surface area (Å²) in [6.07, 6.45) is 0.540. The van der Waals surface area contributed by atoms with E-state index in [1.54, 1.807) is 12.1 Å². The van der Waals surface area contributed by atoms with Crippen molar-refractivity contribution < 1.29 is 0 Å². The van der Waals surface area contributed by atoms with Crippen molar-refractivity contribution in [3.63, 3.8) is 0 Å². The molecule has 6 heteroatoms. The molecule has 0 aliphatic heterocycles. The second-order valence-corrected chi connectivity index (χ2v) is 6.71. The summed E-state index contributed by atoms with van der Waals surface area (Å²) < 4.78 is 1.29. The molecule has 0 atom stereocenters. The molecule has 0 saturated heterocycles. The molecule has 0 unspecified atom stereocenters. The van der Waals surface area contributed by atoms with Crippen LogP contribution in [0.25, 0.3) is 16.7 Å². The molecule has 0 saturated carbocycles. The monoisotopic (exact) mass is 379 g/mol. The first-order chi connectivity index (χ1) is 14.3. The van der Waals surface area contributed by atoms with Crippen molar-refractivity contribution in [1.29, 1.82) is 0 Å². The zero-order valence-electron chi connectivity index (χ0n) is 15.5. The van der Waals surface area contributed by atoms with Crippen LogP contribution < -0.4 is 10.9 Å². The van der Waals surface area contributed by atoms with E-state index in [9.17, 15) is 4.79 Å². The van der Waals surface area contributed by atoms with Gasteiger partial charge in [0.2, 0.25) is 0 Å². The first-order valence-corrected chi connectivity index (χ1v) is 9.33. The summed E-state index contributed by atoms with van der Waals surface area (Å²) in [6, 6.07) is 27.0. The highest BCUT2D eigenvalue weighted by Crippen LogP contribution is 2.20. The molecule has 0 aliphatic carbocycles. The number of para-hydroxylation sites is 2. The van der Waals surface area contributed by atoms with E-state index in [1.807, 2.05) is 72.8 Å². The zero-order chi connectivity index (χ0) is 19.6. The van der Waals surface area contributed by atoms with Gasteiger partial charge < -0.3 is 5.32 Å². The molecule has 0 radical (unpaired) electrons. The number of fused-ring (bicyclic) bond motifs is 2. The van der Waals surface area contributed by atoms with Gasteiger partial charge >= 0.3 is 0 Å². The Balaban J connectivity index is 1.71. The number of anilines is 2. The largest absolute Gasteiger partial charge is 0.339 e. The average molecular weight is 379 g/mol. The Morgan fingerprint density at radius 2 is 1.48 bits per heavy atom. The third-order valence-electron chi connectivity index (χ3n) is 4.69. The summed E-state index contributed by atoms with van der Waals surface area (Å²) >= 11 is 0. The molecule has 5 rings (SSSR count). The van der Waals surface area contributed by atoms with Gasteiger partial charge in [-0.05, 0) is 29.8 Å². The molecule has 1 N–H and O–H groups in total. The Morgan fingerprint density at radius 1 is 0.793 bits per heavy atom. The van der Waals surface area contributed by atoms with Gasteiger partial charge in [-0.3, -0.25) is 4.79 Å². The summed E-state index contributed by atoms with van der Waals surface area (Å²) in [5, 5.41) is 8.48. The van der Waals surface area contributed by atoms with Crippen LogP contribution in [0.2, 0.25) is 0 Å². The summed E-state index contributed by atoms with van der Waals surface area (Å²) in [5.41, 5.74) is 3.03. The summed E-state index contributed by atoms with van der Waals surface area (Å²) in [6.45, 7) is 0. The first-order valence-electron chi connectivity index (χ1n) is 9.33. The van der Waals surface area contributed by atoms with Crippen molar-refractivity contribution >= 4 is 28.2 Å². The second-order valence-electron chi connectivity index (χ2n) is 6.71. The maximum Gasteiger partial charge on any atom is 0.283 e. The molecular formula is C23H17N5O. The molecule has 5 aromatic rings. The first kappa shape index (κ1) is 17.1. The molecule has 0 spiro atoms. The van der Waals surface area contributed by atoms with Crippen molar-refractivity contribution in [3.8, 4) is 0 Å². The van der Waals surface area contributed by atoms with Crippen LogP contribution in [0.1, 0.15) is 11.3 Å². The Kier molecular flexibility index (Phi) is 4.22. The van der Waals surface area contributed by atoms with E-state index in [0.717, 1.165) is 11.3 Å². The van der Waals surface area contributed by atoms with Crippen LogP contribution in [0.5, 0.6) is 0 Å². The Morgan fingerprint density at radius 3 is 2.28 bits per heavy atom. The van der Waals surface area contributed by atoms with Crippen molar-refractivity contribution in [1.82, 2.24) is 19.6 Å². The Bertz CT molecular complexity index is 1360. The van der Waals surface area contributed by atoms with Crippen molar-refractivity contribution in [2.45, 2.75) is 6.42 Å². The highest BCUT2D eigenvalue weighted by Gasteiger charge is 2.14. The smallest absolute Gasteiger partial charge is 0.283 e. The molecule has 140 valence electrons. The standard InChI is InChI=1S/C23H17N5O/c29-22-18-13-7-8-14-19(18)25-23-26-21(24-17-11-5-2-6-12-17)20(27-28(22)23)15-16-9-3-1-4-10-16/h1-14H,15H2,(H,24,25,26). The van der Waals surface area contributed by atoms with Crippen molar-refractivity contribution in [2.24, 2.45) is 0 Å². The van der Waals surface area contributed by atoms with Gasteiger partial charge in [0, 0.05) is 12.1 Å². The lowest BCUT2D eigenvalue weighted by atomic mass is 10.1. The number of benzene rings is 3. The van der Waals surface area contributed by atoms with Crippen molar-refractivity contribution in [3.05, 3.63) is 107 Å². The summed E-state index contributed by atoms with van der Waals surface area (Å²) in [4.78, 5) is 22.2. The third kappa shape index (κ3) is 3.32. The van der Waals surface area contributed by atoms with Gasteiger partial charge in [0.15, 0.2) is 5.82 Å². The lowest BCUT2D eigenvalue weighted by molar-refractivity contribution is 0.810. The predicted molar refractivity (Wildman–Crippen MR) is 114 cm³/mol. The van der Waals surface area contributed by atoms with Crippen molar-refractivity contribution in [2.75, 3.05) is 5.32 Å². The van der Waals surface area contributed by atoms with E-state index in [1.165, 1.54) is 4.52 Å². The van der Waals surface area contributed by atoms with E-state index in [-0.39, 0.29) is 11.3 Å². The number of aromatic nitrogens is 4. The summed E-state index contributed by atoms with van der Waals surface area (Å²) in [5.74, 6) is 0.853. The van der Waals surface area contributed by atoms with Gasteiger partial charge in [0.1, 0.15) is 5.69 Å². The zero-order valence-corrected chi connectivity index (χ0v) is 15.5. The number of nitrogens with one attached hydrogen (secondary N) is 1. The quantitative estimate of drug-likeness (QED) is 0.478. The molecule has 2 heterocycles. The number of hydrogen-bond acceptors (Lipinski definition) is 5. The van der Waals surface area contributed by atoms with E-state index in [4.69, 9.17) is 0 Å². The molecule has 2 aromatic heterocycles. The van der Waals surface area contributed by atoms with Gasteiger partial charge in [-0.25, -0.2) is 4.98 Å². The van der Waals surface area contributed by atoms with Crippen LogP contribution >= 0.6 is 0 Å². The predicted octanol–water partition coefficient (Wildman–Crippen LogP) is 3.97. The molecule has 0 aliphatic rings. The van der Waals surface area contributed by atoms with Gasteiger partial charge in [-0.15, -0.1) is 0 Å². The molecule has 0 amide bonds. The van der Waals surface area contributed by atoms with E-state index >= 15 is 0 Å². The van der Waals surface area contributed by atoms with Crippen LogP contribution in [0.15, 0.2) is 89.7 Å². The molecule has 6 nitrogen and oxygen atoms in total. The van der Waals surface area contributed by atoms with E-state index in [0.29, 0.717) is 28.8 Å². The third-order valence-corrected chi connectivity index (χ3v) is 4.69. The van der Waals surface area contributed by atoms with Gasteiger partial charge in [0.25, 0.3) is 11.3 Å². The minimum absolute atomic E-state index is 0.223. The highest BCUT2D eigenvalue weighted by molar-refractivity contribution is 5.79. The fourth-order valence-electron chi connectivity index (χ4n) is 3.27. The van der Waals surface area contributed by atoms with E-state index in [2.05, 4.69) is 20.4 Å². The topological polar surface area (TPSA) is 72.2 Å². The molecule has 0 bridgehead atoms. The summed E-state index contributed by atoms with van der Waals surface area (Å²) in [7, 11) is 0. The minimum atomic E-state index is -0.223. The molecule has 29 heavy (non-hydrogen) atoms. The Labute approximate surface area is 166 Å². The lowest BCUT2D eigenvalue weighted by Crippen LogP contribution is -2.21.